The summed E-state index contributed by atoms with van der Waals surface area (Å²) in [5.41, 5.74) is 1.52. The van der Waals surface area contributed by atoms with Crippen molar-refractivity contribution in [3.63, 3.8) is 0 Å². The average Bonchev–Trinajstić information content (AvgIpc) is 3.13. The maximum Gasteiger partial charge on any atom is 0.232 e. The molecule has 0 bridgehead atoms. The van der Waals surface area contributed by atoms with Gasteiger partial charge in [0, 0.05) is 32.3 Å². The quantitative estimate of drug-likeness (QED) is 0.828. The number of hydrogen-bond acceptors (Lipinski definition) is 7. The van der Waals surface area contributed by atoms with Gasteiger partial charge in [-0.15, -0.1) is 0 Å². The van der Waals surface area contributed by atoms with Crippen LogP contribution in [0.15, 0.2) is 16.8 Å². The van der Waals surface area contributed by atoms with Crippen molar-refractivity contribution in [3.8, 4) is 6.07 Å². The van der Waals surface area contributed by atoms with Gasteiger partial charge in [0.2, 0.25) is 11.8 Å². The second-order valence-electron chi connectivity index (χ2n) is 6.62. The maximum atomic E-state index is 12.4. The molecule has 128 valence electrons. The zero-order valence-corrected chi connectivity index (χ0v) is 14.1. The van der Waals surface area contributed by atoms with Gasteiger partial charge in [-0.05, 0) is 25.5 Å². The summed E-state index contributed by atoms with van der Waals surface area (Å²) in [4.78, 5) is 24.9. The molecule has 8 nitrogen and oxygen atoms in total. The number of carbonyl (C=O) groups is 1. The van der Waals surface area contributed by atoms with Gasteiger partial charge in [0.1, 0.15) is 11.9 Å². The summed E-state index contributed by atoms with van der Waals surface area (Å²) in [6.45, 7) is 5.65. The molecule has 2 fully saturated rings. The first-order valence-electron chi connectivity index (χ1n) is 8.27. The number of aromatic nitrogens is 3. The third kappa shape index (κ3) is 2.61. The standard InChI is InChI=1S/C17H18N6O2/c1-10-3-4-19-16(14(10)6-18)22-8-13(9-22)23-7-12(5-15(23)24)17-20-11(2)21-25-17/h3-4,12-13H,5,7-9H2,1-2H3. The van der Waals surface area contributed by atoms with Crippen molar-refractivity contribution in [2.24, 2.45) is 0 Å². The molecular formula is C17H18N6O2. The fourth-order valence-electron chi connectivity index (χ4n) is 3.48. The van der Waals surface area contributed by atoms with Gasteiger partial charge in [-0.3, -0.25) is 4.79 Å². The molecule has 2 aliphatic heterocycles. The van der Waals surface area contributed by atoms with Crippen molar-refractivity contribution in [3.05, 3.63) is 35.1 Å². The van der Waals surface area contributed by atoms with Crippen LogP contribution >= 0.6 is 0 Å². The SMILES string of the molecule is Cc1noc(C2CC(=O)N(C3CN(c4nccc(C)c4C#N)C3)C2)n1. The highest BCUT2D eigenvalue weighted by Crippen LogP contribution is 2.33. The van der Waals surface area contributed by atoms with Crippen LogP contribution in [0.1, 0.15) is 35.2 Å². The summed E-state index contributed by atoms with van der Waals surface area (Å²) in [6, 6.07) is 4.19. The van der Waals surface area contributed by atoms with E-state index < -0.39 is 0 Å². The number of likely N-dealkylation sites (tertiary alicyclic amines) is 1. The number of amides is 1. The highest BCUT2D eigenvalue weighted by Gasteiger charge is 2.42. The van der Waals surface area contributed by atoms with Gasteiger partial charge in [0.05, 0.1) is 17.5 Å². The molecule has 4 rings (SSSR count). The Balaban J connectivity index is 1.44. The fourth-order valence-corrected chi connectivity index (χ4v) is 3.48. The minimum Gasteiger partial charge on any atom is -0.351 e. The highest BCUT2D eigenvalue weighted by molar-refractivity contribution is 5.80. The number of carbonyl (C=O) groups excluding carboxylic acids is 1. The predicted molar refractivity (Wildman–Crippen MR) is 87.8 cm³/mol. The van der Waals surface area contributed by atoms with Gasteiger partial charge >= 0.3 is 0 Å². The lowest BCUT2D eigenvalue weighted by Crippen LogP contribution is -2.60. The predicted octanol–water partition coefficient (Wildman–Crippen LogP) is 1.16. The Morgan fingerprint density at radius 1 is 1.32 bits per heavy atom. The van der Waals surface area contributed by atoms with Gasteiger partial charge in [0.25, 0.3) is 0 Å². The molecule has 0 aliphatic carbocycles. The molecule has 1 atom stereocenters. The van der Waals surface area contributed by atoms with Gasteiger partial charge in [0.15, 0.2) is 5.82 Å². The first-order valence-corrected chi connectivity index (χ1v) is 8.27. The van der Waals surface area contributed by atoms with Crippen molar-refractivity contribution in [1.82, 2.24) is 20.0 Å². The zero-order chi connectivity index (χ0) is 17.6. The molecule has 0 spiro atoms. The summed E-state index contributed by atoms with van der Waals surface area (Å²) in [5, 5.41) is 13.2. The first-order chi connectivity index (χ1) is 12.1. The van der Waals surface area contributed by atoms with E-state index in [9.17, 15) is 10.1 Å². The Hall–Kier alpha value is -2.95. The zero-order valence-electron chi connectivity index (χ0n) is 14.1. The van der Waals surface area contributed by atoms with Crippen molar-refractivity contribution in [1.29, 1.82) is 5.26 Å². The van der Waals surface area contributed by atoms with Crippen LogP contribution in [0.2, 0.25) is 0 Å². The number of pyridine rings is 1. The molecule has 1 unspecified atom stereocenters. The maximum absolute atomic E-state index is 12.4. The third-order valence-corrected chi connectivity index (χ3v) is 4.90. The molecule has 0 N–H and O–H groups in total. The van der Waals surface area contributed by atoms with E-state index in [1.807, 2.05) is 22.8 Å². The normalized spacial score (nSPS) is 20.7. The third-order valence-electron chi connectivity index (χ3n) is 4.90. The smallest absolute Gasteiger partial charge is 0.232 e. The monoisotopic (exact) mass is 338 g/mol. The van der Waals surface area contributed by atoms with Crippen LogP contribution in [0, 0.1) is 25.2 Å². The lowest BCUT2D eigenvalue weighted by atomic mass is 10.0. The summed E-state index contributed by atoms with van der Waals surface area (Å²) in [7, 11) is 0. The van der Waals surface area contributed by atoms with E-state index in [2.05, 4.69) is 21.2 Å². The number of aryl methyl sites for hydroxylation is 2. The number of anilines is 1. The Bertz CT molecular complexity index is 864. The van der Waals surface area contributed by atoms with E-state index >= 15 is 0 Å². The molecule has 0 aromatic carbocycles. The molecule has 25 heavy (non-hydrogen) atoms. The topological polar surface area (TPSA) is 99.2 Å². The summed E-state index contributed by atoms with van der Waals surface area (Å²) >= 11 is 0. The molecule has 2 aliphatic rings. The molecule has 4 heterocycles. The molecule has 1 amide bonds. The number of nitrogens with zero attached hydrogens (tertiary/aromatic N) is 6. The number of nitriles is 1. The number of rotatable bonds is 3. The molecule has 0 saturated carbocycles. The van der Waals surface area contributed by atoms with Crippen LogP contribution in [0.3, 0.4) is 0 Å². The lowest BCUT2D eigenvalue weighted by molar-refractivity contribution is -0.130. The van der Waals surface area contributed by atoms with E-state index in [4.69, 9.17) is 4.52 Å². The van der Waals surface area contributed by atoms with E-state index in [1.54, 1.807) is 13.1 Å². The highest BCUT2D eigenvalue weighted by atomic mass is 16.5. The largest absolute Gasteiger partial charge is 0.351 e. The van der Waals surface area contributed by atoms with Crippen molar-refractivity contribution in [2.45, 2.75) is 32.2 Å². The minimum absolute atomic E-state index is 0.0329. The van der Waals surface area contributed by atoms with Crippen LogP contribution in [0.25, 0.3) is 0 Å². The van der Waals surface area contributed by atoms with Crippen LogP contribution in [0.4, 0.5) is 5.82 Å². The fraction of sp³-hybridized carbons (Fsp3) is 0.471. The van der Waals surface area contributed by atoms with Crippen molar-refractivity contribution in [2.75, 3.05) is 24.5 Å². The lowest BCUT2D eigenvalue weighted by Gasteiger charge is -2.45. The Morgan fingerprint density at radius 3 is 2.80 bits per heavy atom. The van der Waals surface area contributed by atoms with Crippen LogP contribution in [-0.4, -0.2) is 51.6 Å². The van der Waals surface area contributed by atoms with E-state index in [1.165, 1.54) is 0 Å². The summed E-state index contributed by atoms with van der Waals surface area (Å²) < 4.78 is 5.21. The first kappa shape index (κ1) is 15.6. The molecule has 2 aromatic rings. The Labute approximate surface area is 145 Å². The number of hydrogen-bond donors (Lipinski definition) is 0. The van der Waals surface area contributed by atoms with Crippen molar-refractivity contribution >= 4 is 11.7 Å². The summed E-state index contributed by atoms with van der Waals surface area (Å²) in [6.07, 6.45) is 2.12. The van der Waals surface area contributed by atoms with Gasteiger partial charge in [-0.2, -0.15) is 10.2 Å². The van der Waals surface area contributed by atoms with Gasteiger partial charge in [-0.25, -0.2) is 4.98 Å². The second kappa shape index (κ2) is 5.84. The van der Waals surface area contributed by atoms with Gasteiger partial charge in [-0.1, -0.05) is 5.16 Å². The van der Waals surface area contributed by atoms with E-state index in [-0.39, 0.29) is 17.9 Å². The van der Waals surface area contributed by atoms with E-state index in [0.29, 0.717) is 49.2 Å². The van der Waals surface area contributed by atoms with E-state index in [0.717, 1.165) is 5.56 Å². The molecule has 8 heteroatoms. The molecule has 2 aromatic heterocycles. The minimum atomic E-state index is -0.0329. The van der Waals surface area contributed by atoms with Crippen LogP contribution < -0.4 is 4.90 Å². The summed E-state index contributed by atoms with van der Waals surface area (Å²) in [5.74, 6) is 1.91. The second-order valence-corrected chi connectivity index (χ2v) is 6.62. The van der Waals surface area contributed by atoms with Crippen LogP contribution in [0.5, 0.6) is 0 Å². The van der Waals surface area contributed by atoms with Crippen LogP contribution in [-0.2, 0) is 4.79 Å². The Kier molecular flexibility index (Phi) is 3.64. The average molecular weight is 338 g/mol. The van der Waals surface area contributed by atoms with Gasteiger partial charge < -0.3 is 14.3 Å². The molecule has 0 radical (unpaired) electrons. The molecular weight excluding hydrogens is 320 g/mol. The van der Waals surface area contributed by atoms with Crippen molar-refractivity contribution < 1.29 is 9.32 Å². The Morgan fingerprint density at radius 2 is 2.12 bits per heavy atom. The molecule has 2 saturated heterocycles.